The number of urea groups is 1. The lowest BCUT2D eigenvalue weighted by molar-refractivity contribution is 0.252. The molecule has 16 heavy (non-hydrogen) atoms. The zero-order valence-electron chi connectivity index (χ0n) is 8.88. The Labute approximate surface area is 92.4 Å². The number of aliphatic hydroxyl groups is 1. The number of carbonyl (C=O) groups is 1. The van der Waals surface area contributed by atoms with Crippen molar-refractivity contribution in [2.45, 2.75) is 20.0 Å². The minimum Gasteiger partial charge on any atom is -0.392 e. The lowest BCUT2D eigenvalue weighted by Gasteiger charge is -2.13. The van der Waals surface area contributed by atoms with Gasteiger partial charge in [-0.25, -0.2) is 15.0 Å². The summed E-state index contributed by atoms with van der Waals surface area (Å²) >= 11 is 0. The first-order valence-electron chi connectivity index (χ1n) is 4.82. The molecule has 0 fully saturated rings. The Morgan fingerprint density at radius 3 is 2.75 bits per heavy atom. The van der Waals surface area contributed by atoms with Gasteiger partial charge >= 0.3 is 6.03 Å². The first-order valence-corrected chi connectivity index (χ1v) is 4.82. The molecule has 0 aliphatic heterocycles. The molecule has 5 N–H and O–H groups in total. The highest BCUT2D eigenvalue weighted by Crippen LogP contribution is 2.22. The van der Waals surface area contributed by atoms with Crippen molar-refractivity contribution in [3.8, 4) is 0 Å². The molecule has 0 saturated carbocycles. The van der Waals surface area contributed by atoms with Crippen molar-refractivity contribution < 1.29 is 14.3 Å². The van der Waals surface area contributed by atoms with E-state index in [4.69, 9.17) is 5.84 Å². The molecule has 5 nitrogen and oxygen atoms in total. The van der Waals surface area contributed by atoms with Crippen molar-refractivity contribution in [2.24, 2.45) is 5.84 Å². The molecule has 6 heteroatoms. The Balaban J connectivity index is 3.14. The van der Waals surface area contributed by atoms with Crippen LogP contribution in [0.5, 0.6) is 0 Å². The summed E-state index contributed by atoms with van der Waals surface area (Å²) in [6.45, 7) is 1.56. The van der Waals surface area contributed by atoms with Gasteiger partial charge in [0.2, 0.25) is 0 Å². The van der Waals surface area contributed by atoms with Crippen molar-refractivity contribution in [2.75, 3.05) is 5.32 Å². The second-order valence-corrected chi connectivity index (χ2v) is 3.20. The van der Waals surface area contributed by atoms with Gasteiger partial charge in [-0.3, -0.25) is 5.43 Å². The van der Waals surface area contributed by atoms with Gasteiger partial charge in [0.05, 0.1) is 12.3 Å². The lowest BCUT2D eigenvalue weighted by Crippen LogP contribution is -2.34. The van der Waals surface area contributed by atoms with E-state index >= 15 is 0 Å². The van der Waals surface area contributed by atoms with E-state index in [2.05, 4.69) is 5.32 Å². The zero-order valence-corrected chi connectivity index (χ0v) is 8.88. The van der Waals surface area contributed by atoms with Crippen LogP contribution in [0.3, 0.4) is 0 Å². The van der Waals surface area contributed by atoms with Gasteiger partial charge in [0, 0.05) is 5.56 Å². The molecule has 0 unspecified atom stereocenters. The maximum absolute atomic E-state index is 13.2. The number of anilines is 1. The molecule has 0 radical (unpaired) electrons. The second-order valence-electron chi connectivity index (χ2n) is 3.20. The van der Waals surface area contributed by atoms with Crippen LogP contribution in [0.4, 0.5) is 14.9 Å². The van der Waals surface area contributed by atoms with Gasteiger partial charge in [-0.1, -0.05) is 6.92 Å². The number of aliphatic hydroxyl groups excluding tert-OH is 1. The minimum absolute atomic E-state index is 0.224. The average Bonchev–Trinajstić information content (AvgIpc) is 2.28. The number of amides is 2. The smallest absolute Gasteiger partial charge is 0.333 e. The molecule has 0 aliphatic rings. The molecular formula is C10H14FN3O2. The number of benzene rings is 1. The van der Waals surface area contributed by atoms with E-state index in [1.54, 1.807) is 0 Å². The summed E-state index contributed by atoms with van der Waals surface area (Å²) in [6, 6.07) is 1.80. The number of halogens is 1. The summed E-state index contributed by atoms with van der Waals surface area (Å²) in [5, 5.41) is 11.5. The summed E-state index contributed by atoms with van der Waals surface area (Å²) in [5.41, 5.74) is 3.23. The fourth-order valence-corrected chi connectivity index (χ4v) is 1.47. The number of nitrogens with one attached hydrogen (secondary N) is 2. The van der Waals surface area contributed by atoms with Gasteiger partial charge in [0.1, 0.15) is 5.82 Å². The Morgan fingerprint density at radius 2 is 2.25 bits per heavy atom. The summed E-state index contributed by atoms with van der Waals surface area (Å²) in [5.74, 6) is 4.43. The van der Waals surface area contributed by atoms with E-state index in [-0.39, 0.29) is 12.3 Å². The fourth-order valence-electron chi connectivity index (χ4n) is 1.47. The normalized spacial score (nSPS) is 10.0. The third-order valence-electron chi connectivity index (χ3n) is 2.23. The summed E-state index contributed by atoms with van der Waals surface area (Å²) in [7, 11) is 0. The van der Waals surface area contributed by atoms with Gasteiger partial charge in [-0.2, -0.15) is 0 Å². The molecular weight excluding hydrogens is 213 g/mol. The molecule has 1 aromatic rings. The Morgan fingerprint density at radius 1 is 1.56 bits per heavy atom. The summed E-state index contributed by atoms with van der Waals surface area (Å²) < 4.78 is 13.2. The van der Waals surface area contributed by atoms with E-state index in [0.717, 1.165) is 6.07 Å². The number of hydrazine groups is 1. The Kier molecular flexibility index (Phi) is 4.21. The van der Waals surface area contributed by atoms with Crippen LogP contribution in [-0.4, -0.2) is 11.1 Å². The Bertz CT molecular complexity index is 396. The van der Waals surface area contributed by atoms with E-state index in [0.29, 0.717) is 17.5 Å². The molecule has 0 heterocycles. The molecule has 88 valence electrons. The van der Waals surface area contributed by atoms with Crippen LogP contribution in [0.1, 0.15) is 18.1 Å². The quantitative estimate of drug-likeness (QED) is 0.351. The van der Waals surface area contributed by atoms with E-state index in [1.165, 1.54) is 6.07 Å². The molecule has 1 rings (SSSR count). The van der Waals surface area contributed by atoms with Gasteiger partial charge in [0.15, 0.2) is 0 Å². The Hall–Kier alpha value is -1.66. The minimum atomic E-state index is -0.664. The van der Waals surface area contributed by atoms with Crippen molar-refractivity contribution in [1.82, 2.24) is 5.43 Å². The topological polar surface area (TPSA) is 87.4 Å². The first kappa shape index (κ1) is 12.4. The number of carbonyl (C=O) groups excluding carboxylic acids is 1. The predicted octanol–water partition coefficient (Wildman–Crippen LogP) is 0.876. The molecule has 0 aliphatic carbocycles. The molecule has 1 aromatic carbocycles. The maximum atomic E-state index is 13.2. The number of rotatable bonds is 3. The molecule has 0 aromatic heterocycles. The van der Waals surface area contributed by atoms with Gasteiger partial charge in [-0.05, 0) is 24.1 Å². The third kappa shape index (κ3) is 2.68. The molecule has 0 spiro atoms. The number of hydrogen-bond acceptors (Lipinski definition) is 3. The van der Waals surface area contributed by atoms with Crippen LogP contribution in [0.2, 0.25) is 0 Å². The van der Waals surface area contributed by atoms with Crippen molar-refractivity contribution in [1.29, 1.82) is 0 Å². The van der Waals surface area contributed by atoms with Crippen LogP contribution in [0, 0.1) is 5.82 Å². The van der Waals surface area contributed by atoms with Gasteiger partial charge in [-0.15, -0.1) is 0 Å². The highest BCUT2D eigenvalue weighted by atomic mass is 19.1. The highest BCUT2D eigenvalue weighted by Gasteiger charge is 2.11. The fraction of sp³-hybridized carbons (Fsp3) is 0.300. The second kappa shape index (κ2) is 5.43. The van der Waals surface area contributed by atoms with Crippen molar-refractivity contribution in [3.05, 3.63) is 29.1 Å². The van der Waals surface area contributed by atoms with Gasteiger partial charge < -0.3 is 10.4 Å². The molecule has 2 amide bonds. The van der Waals surface area contributed by atoms with E-state index in [9.17, 15) is 14.3 Å². The standard InChI is InChI=1S/C10H14FN3O2/c1-2-6-3-7(11)4-9(8(6)5-15)13-10(16)14-12/h3-4,15H,2,5,12H2,1H3,(H2,13,14,16). The lowest BCUT2D eigenvalue weighted by atomic mass is 10.0. The summed E-state index contributed by atoms with van der Waals surface area (Å²) in [4.78, 5) is 11.0. The maximum Gasteiger partial charge on any atom is 0.333 e. The number of nitrogens with two attached hydrogens (primary N) is 1. The van der Waals surface area contributed by atoms with Crippen LogP contribution >= 0.6 is 0 Å². The first-order chi connectivity index (χ1) is 7.62. The zero-order chi connectivity index (χ0) is 12.1. The van der Waals surface area contributed by atoms with E-state index < -0.39 is 11.8 Å². The highest BCUT2D eigenvalue weighted by molar-refractivity contribution is 5.89. The van der Waals surface area contributed by atoms with E-state index in [1.807, 2.05) is 12.3 Å². The average molecular weight is 227 g/mol. The molecule has 0 bridgehead atoms. The number of aryl methyl sites for hydroxylation is 1. The monoisotopic (exact) mass is 227 g/mol. The number of hydrogen-bond donors (Lipinski definition) is 4. The van der Waals surface area contributed by atoms with Crippen molar-refractivity contribution in [3.63, 3.8) is 0 Å². The molecule has 0 atom stereocenters. The predicted molar refractivity (Wildman–Crippen MR) is 58.0 cm³/mol. The molecule has 0 saturated heterocycles. The largest absolute Gasteiger partial charge is 0.392 e. The van der Waals surface area contributed by atoms with Crippen LogP contribution in [-0.2, 0) is 13.0 Å². The van der Waals surface area contributed by atoms with Crippen molar-refractivity contribution >= 4 is 11.7 Å². The van der Waals surface area contributed by atoms with Gasteiger partial charge in [0.25, 0.3) is 0 Å². The summed E-state index contributed by atoms with van der Waals surface area (Å²) in [6.07, 6.45) is 0.562. The van der Waals surface area contributed by atoms with Crippen LogP contribution in [0.15, 0.2) is 12.1 Å². The van der Waals surface area contributed by atoms with Crippen LogP contribution in [0.25, 0.3) is 0 Å². The SMILES string of the molecule is CCc1cc(F)cc(NC(=O)NN)c1CO. The van der Waals surface area contributed by atoms with Crippen LogP contribution < -0.4 is 16.6 Å². The third-order valence-corrected chi connectivity index (χ3v) is 2.23.